The van der Waals surface area contributed by atoms with E-state index in [1.54, 1.807) is 12.1 Å². The molecule has 1 heterocycles. The topological polar surface area (TPSA) is 62.5 Å². The first-order valence-corrected chi connectivity index (χ1v) is 10.3. The second-order valence-corrected chi connectivity index (χ2v) is 7.99. The van der Waals surface area contributed by atoms with E-state index in [0.29, 0.717) is 12.5 Å². The van der Waals surface area contributed by atoms with Crippen molar-refractivity contribution in [3.05, 3.63) is 78.4 Å². The number of phenols is 1. The van der Waals surface area contributed by atoms with Gasteiger partial charge in [0.2, 0.25) is 0 Å². The molecule has 4 aromatic rings. The molecule has 0 saturated heterocycles. The summed E-state index contributed by atoms with van der Waals surface area (Å²) < 4.78 is 2.12. The van der Waals surface area contributed by atoms with E-state index in [-0.39, 0.29) is 12.2 Å². The van der Waals surface area contributed by atoms with Gasteiger partial charge in [0.1, 0.15) is 5.75 Å². The Hall–Kier alpha value is -3.53. The monoisotopic (exact) mass is 397 g/mol. The predicted molar refractivity (Wildman–Crippen MR) is 119 cm³/mol. The average Bonchev–Trinajstić information content (AvgIpc) is 3.54. The van der Waals surface area contributed by atoms with Crippen LogP contribution in [0.15, 0.2) is 72.8 Å². The highest BCUT2D eigenvalue weighted by Gasteiger charge is 2.26. The molecular formula is C26H23NO3. The van der Waals surface area contributed by atoms with Gasteiger partial charge in [0.25, 0.3) is 0 Å². The van der Waals surface area contributed by atoms with Crippen LogP contribution in [0.2, 0.25) is 0 Å². The van der Waals surface area contributed by atoms with E-state index < -0.39 is 5.97 Å². The SMILES string of the molecule is O=C(O)CCn1c(-c2ccccc2)c(-c2cccc(O)c2)c2cc(C3CC3)ccc21. The first-order chi connectivity index (χ1) is 14.6. The van der Waals surface area contributed by atoms with E-state index >= 15 is 0 Å². The van der Waals surface area contributed by atoms with Crippen molar-refractivity contribution in [3.8, 4) is 28.1 Å². The molecule has 1 fully saturated rings. The minimum absolute atomic E-state index is 0.0491. The number of aromatic nitrogens is 1. The zero-order chi connectivity index (χ0) is 20.7. The van der Waals surface area contributed by atoms with E-state index in [0.717, 1.165) is 33.3 Å². The number of nitrogens with zero attached hydrogens (tertiary/aromatic N) is 1. The van der Waals surface area contributed by atoms with Crippen molar-refractivity contribution in [3.63, 3.8) is 0 Å². The van der Waals surface area contributed by atoms with Crippen LogP contribution in [0.3, 0.4) is 0 Å². The van der Waals surface area contributed by atoms with E-state index in [2.05, 4.69) is 34.9 Å². The lowest BCUT2D eigenvalue weighted by atomic mass is 9.96. The normalized spacial score (nSPS) is 13.6. The van der Waals surface area contributed by atoms with Crippen LogP contribution in [0.5, 0.6) is 5.75 Å². The molecule has 5 rings (SSSR count). The lowest BCUT2D eigenvalue weighted by Crippen LogP contribution is -2.06. The molecule has 0 spiro atoms. The van der Waals surface area contributed by atoms with Gasteiger partial charge in [0.05, 0.1) is 12.1 Å². The average molecular weight is 397 g/mol. The summed E-state index contributed by atoms with van der Waals surface area (Å²) in [6, 6.07) is 24.0. The van der Waals surface area contributed by atoms with Crippen molar-refractivity contribution in [1.29, 1.82) is 0 Å². The highest BCUT2D eigenvalue weighted by molar-refractivity contribution is 6.05. The molecule has 1 aromatic heterocycles. The minimum atomic E-state index is -0.815. The van der Waals surface area contributed by atoms with Gasteiger partial charge in [-0.15, -0.1) is 0 Å². The van der Waals surface area contributed by atoms with Crippen molar-refractivity contribution in [2.24, 2.45) is 0 Å². The maximum absolute atomic E-state index is 11.4. The standard InChI is InChI=1S/C26H23NO3/c28-21-8-4-7-20(15-21)25-22-16-19(17-9-10-17)11-12-23(22)27(14-13-24(29)30)26(25)18-5-2-1-3-6-18/h1-8,11-12,15-17,28H,9-10,13-14H2,(H,29,30). The molecule has 4 nitrogen and oxygen atoms in total. The molecule has 3 aromatic carbocycles. The molecular weight excluding hydrogens is 374 g/mol. The molecule has 30 heavy (non-hydrogen) atoms. The van der Waals surface area contributed by atoms with Crippen LogP contribution in [0.1, 0.15) is 30.7 Å². The molecule has 0 atom stereocenters. The number of rotatable bonds is 6. The highest BCUT2D eigenvalue weighted by Crippen LogP contribution is 2.46. The smallest absolute Gasteiger partial charge is 0.305 e. The molecule has 0 bridgehead atoms. The maximum Gasteiger partial charge on any atom is 0.305 e. The number of fused-ring (bicyclic) bond motifs is 1. The molecule has 150 valence electrons. The van der Waals surface area contributed by atoms with Gasteiger partial charge in [0.15, 0.2) is 0 Å². The van der Waals surface area contributed by atoms with E-state index in [4.69, 9.17) is 0 Å². The van der Waals surface area contributed by atoms with Gasteiger partial charge in [-0.05, 0) is 59.7 Å². The van der Waals surface area contributed by atoms with Crippen LogP contribution < -0.4 is 0 Å². The summed E-state index contributed by atoms with van der Waals surface area (Å²) in [5.41, 5.74) is 6.36. The Morgan fingerprint density at radius 1 is 0.933 bits per heavy atom. The van der Waals surface area contributed by atoms with Crippen molar-refractivity contribution in [2.45, 2.75) is 31.7 Å². The Morgan fingerprint density at radius 3 is 2.40 bits per heavy atom. The lowest BCUT2D eigenvalue weighted by Gasteiger charge is -2.12. The number of carboxylic acid groups (broad SMARTS) is 1. The molecule has 1 aliphatic rings. The molecule has 0 amide bonds. The number of hydrogen-bond acceptors (Lipinski definition) is 2. The number of benzene rings is 3. The van der Waals surface area contributed by atoms with Gasteiger partial charge in [-0.1, -0.05) is 48.5 Å². The van der Waals surface area contributed by atoms with Crippen molar-refractivity contribution < 1.29 is 15.0 Å². The number of aliphatic carboxylic acids is 1. The Kier molecular flexibility index (Phi) is 4.55. The van der Waals surface area contributed by atoms with Crippen LogP contribution in [0.25, 0.3) is 33.3 Å². The summed E-state index contributed by atoms with van der Waals surface area (Å²) in [5.74, 6) is 0.0228. The molecule has 0 radical (unpaired) electrons. The first kappa shape index (κ1) is 18.5. The van der Waals surface area contributed by atoms with E-state index in [9.17, 15) is 15.0 Å². The summed E-state index contributed by atoms with van der Waals surface area (Å²) in [6.07, 6.45) is 2.49. The van der Waals surface area contributed by atoms with Crippen molar-refractivity contribution >= 4 is 16.9 Å². The highest BCUT2D eigenvalue weighted by atomic mass is 16.4. The second kappa shape index (κ2) is 7.38. The Labute approximate surface area is 175 Å². The summed E-state index contributed by atoms with van der Waals surface area (Å²) in [4.78, 5) is 11.4. The van der Waals surface area contributed by atoms with E-state index in [1.165, 1.54) is 18.4 Å². The molecule has 1 aliphatic carbocycles. The van der Waals surface area contributed by atoms with Crippen LogP contribution in [-0.4, -0.2) is 20.7 Å². The lowest BCUT2D eigenvalue weighted by molar-refractivity contribution is -0.137. The van der Waals surface area contributed by atoms with Crippen LogP contribution in [-0.2, 0) is 11.3 Å². The zero-order valence-electron chi connectivity index (χ0n) is 16.6. The summed E-state index contributed by atoms with van der Waals surface area (Å²) >= 11 is 0. The quantitative estimate of drug-likeness (QED) is 0.417. The molecule has 0 aliphatic heterocycles. The van der Waals surface area contributed by atoms with Crippen LogP contribution in [0.4, 0.5) is 0 Å². The number of phenolic OH excluding ortho intramolecular Hbond substituents is 1. The summed E-state index contributed by atoms with van der Waals surface area (Å²) in [5, 5.41) is 20.6. The third-order valence-corrected chi connectivity index (χ3v) is 5.87. The number of aryl methyl sites for hydroxylation is 1. The maximum atomic E-state index is 11.4. The third kappa shape index (κ3) is 3.35. The summed E-state index contributed by atoms with van der Waals surface area (Å²) in [6.45, 7) is 0.387. The van der Waals surface area contributed by atoms with Crippen LogP contribution in [0, 0.1) is 0 Å². The molecule has 4 heteroatoms. The summed E-state index contributed by atoms with van der Waals surface area (Å²) in [7, 11) is 0. The van der Waals surface area contributed by atoms with Gasteiger partial charge >= 0.3 is 5.97 Å². The number of hydrogen-bond donors (Lipinski definition) is 2. The van der Waals surface area contributed by atoms with Gasteiger partial charge in [-0.25, -0.2) is 0 Å². The predicted octanol–water partition coefficient (Wildman–Crippen LogP) is 6.03. The first-order valence-electron chi connectivity index (χ1n) is 10.3. The fourth-order valence-electron chi connectivity index (χ4n) is 4.33. The molecule has 2 N–H and O–H groups in total. The van der Waals surface area contributed by atoms with E-state index in [1.807, 2.05) is 30.3 Å². The number of carboxylic acids is 1. The van der Waals surface area contributed by atoms with Gasteiger partial charge < -0.3 is 14.8 Å². The van der Waals surface area contributed by atoms with Gasteiger partial charge in [-0.2, -0.15) is 0 Å². The molecule has 1 saturated carbocycles. The zero-order valence-corrected chi connectivity index (χ0v) is 16.6. The Bertz CT molecular complexity index is 1240. The second-order valence-electron chi connectivity index (χ2n) is 7.99. The van der Waals surface area contributed by atoms with Crippen molar-refractivity contribution in [1.82, 2.24) is 4.57 Å². The fourth-order valence-corrected chi connectivity index (χ4v) is 4.33. The van der Waals surface area contributed by atoms with Crippen molar-refractivity contribution in [2.75, 3.05) is 0 Å². The van der Waals surface area contributed by atoms with Gasteiger partial charge in [-0.3, -0.25) is 4.79 Å². The molecule has 0 unspecified atom stereocenters. The van der Waals surface area contributed by atoms with Crippen LogP contribution >= 0.6 is 0 Å². The third-order valence-electron chi connectivity index (χ3n) is 5.87. The fraction of sp³-hybridized carbons (Fsp3) is 0.192. The Balaban J connectivity index is 1.84. The number of carbonyl (C=O) groups is 1. The van der Waals surface area contributed by atoms with Gasteiger partial charge in [0, 0.05) is 23.0 Å². The Morgan fingerprint density at radius 2 is 1.70 bits per heavy atom. The number of aromatic hydroxyl groups is 1. The minimum Gasteiger partial charge on any atom is -0.508 e. The largest absolute Gasteiger partial charge is 0.508 e.